The van der Waals surface area contributed by atoms with Gasteiger partial charge in [0.2, 0.25) is 5.95 Å². The van der Waals surface area contributed by atoms with Gasteiger partial charge in [-0.15, -0.1) is 0 Å². The molecule has 0 aliphatic rings. The summed E-state index contributed by atoms with van der Waals surface area (Å²) in [6, 6.07) is 9.41. The van der Waals surface area contributed by atoms with E-state index < -0.39 is 0 Å². The van der Waals surface area contributed by atoms with Gasteiger partial charge in [0, 0.05) is 17.1 Å². The van der Waals surface area contributed by atoms with Crippen LogP contribution in [0.25, 0.3) is 10.9 Å². The fourth-order valence-electron chi connectivity index (χ4n) is 2.43. The number of nitrogens with zero attached hydrogens (tertiary/aromatic N) is 3. The van der Waals surface area contributed by atoms with Crippen molar-refractivity contribution in [2.24, 2.45) is 0 Å². The Morgan fingerprint density at radius 3 is 2.50 bits per heavy atom. The summed E-state index contributed by atoms with van der Waals surface area (Å²) in [7, 11) is 3.16. The number of methoxy groups -OCH3 is 2. The molecule has 0 fully saturated rings. The second-order valence-electron chi connectivity index (χ2n) is 5.28. The molecular weight excluding hydrogens is 306 g/mol. The van der Waals surface area contributed by atoms with Gasteiger partial charge in [0.05, 0.1) is 32.0 Å². The van der Waals surface area contributed by atoms with E-state index in [1.807, 2.05) is 25.1 Å². The molecule has 3 N–H and O–H groups in total. The summed E-state index contributed by atoms with van der Waals surface area (Å²) in [5.74, 6) is 2.00. The van der Waals surface area contributed by atoms with Crippen molar-refractivity contribution < 1.29 is 9.47 Å². The molecule has 0 unspecified atom stereocenters. The van der Waals surface area contributed by atoms with Crippen molar-refractivity contribution >= 4 is 22.7 Å². The lowest BCUT2D eigenvalue weighted by atomic mass is 10.2. The van der Waals surface area contributed by atoms with Crippen LogP contribution >= 0.6 is 0 Å². The lowest BCUT2D eigenvalue weighted by molar-refractivity contribution is 0.356. The lowest BCUT2D eigenvalue weighted by Gasteiger charge is -2.11. The molecule has 7 nitrogen and oxygen atoms in total. The van der Waals surface area contributed by atoms with Gasteiger partial charge in [-0.05, 0) is 25.1 Å². The van der Waals surface area contributed by atoms with Crippen LogP contribution in [0.4, 0.5) is 11.8 Å². The van der Waals surface area contributed by atoms with Gasteiger partial charge in [0.1, 0.15) is 5.82 Å². The van der Waals surface area contributed by atoms with E-state index in [1.165, 1.54) is 0 Å². The normalized spacial score (nSPS) is 10.6. The number of aryl methyl sites for hydroxylation is 1. The third-order valence-electron chi connectivity index (χ3n) is 3.60. The largest absolute Gasteiger partial charge is 0.493 e. The predicted octanol–water partition coefficient (Wildman–Crippen LogP) is 2.54. The van der Waals surface area contributed by atoms with Crippen LogP contribution in [0.2, 0.25) is 0 Å². The highest BCUT2D eigenvalue weighted by Crippen LogP contribution is 2.33. The molecule has 0 aliphatic heterocycles. The van der Waals surface area contributed by atoms with E-state index in [1.54, 1.807) is 26.4 Å². The van der Waals surface area contributed by atoms with Gasteiger partial charge in [-0.2, -0.15) is 4.98 Å². The smallest absolute Gasteiger partial charge is 0.225 e. The average molecular weight is 325 g/mol. The van der Waals surface area contributed by atoms with Crippen molar-refractivity contribution in [3.8, 4) is 11.5 Å². The van der Waals surface area contributed by atoms with Gasteiger partial charge in [-0.25, -0.2) is 4.98 Å². The highest BCUT2D eigenvalue weighted by atomic mass is 16.5. The molecule has 0 saturated heterocycles. The van der Waals surface area contributed by atoms with Crippen molar-refractivity contribution in [2.75, 3.05) is 25.3 Å². The number of ether oxygens (including phenoxy) is 2. The fraction of sp³-hybridized carbons (Fsp3) is 0.235. The number of hydrogen-bond donors (Lipinski definition) is 2. The molecule has 0 spiro atoms. The number of aromatic nitrogens is 3. The van der Waals surface area contributed by atoms with Gasteiger partial charge in [0.25, 0.3) is 0 Å². The first-order chi connectivity index (χ1) is 11.6. The Labute approximate surface area is 139 Å². The van der Waals surface area contributed by atoms with E-state index in [-0.39, 0.29) is 0 Å². The number of nitrogens with two attached hydrogens (primary N) is 1. The average Bonchev–Trinajstić information content (AvgIpc) is 2.59. The summed E-state index contributed by atoms with van der Waals surface area (Å²) in [5.41, 5.74) is 8.61. The molecule has 124 valence electrons. The second-order valence-corrected chi connectivity index (χ2v) is 5.28. The van der Waals surface area contributed by atoms with Crippen molar-refractivity contribution in [3.05, 3.63) is 41.7 Å². The Bertz CT molecular complexity index is 882. The number of anilines is 2. The molecule has 3 rings (SSSR count). The van der Waals surface area contributed by atoms with Gasteiger partial charge in [-0.1, -0.05) is 6.07 Å². The topological polar surface area (TPSA) is 95.2 Å². The molecule has 2 heterocycles. The van der Waals surface area contributed by atoms with Crippen molar-refractivity contribution in [2.45, 2.75) is 13.5 Å². The second kappa shape index (κ2) is 6.57. The number of nitrogens with one attached hydrogen (secondary N) is 1. The van der Waals surface area contributed by atoms with Crippen LogP contribution in [0.1, 0.15) is 11.4 Å². The quantitative estimate of drug-likeness (QED) is 0.744. The maximum absolute atomic E-state index is 6.06. The molecule has 0 amide bonds. The van der Waals surface area contributed by atoms with Crippen LogP contribution in [0.5, 0.6) is 11.5 Å². The predicted molar refractivity (Wildman–Crippen MR) is 93.4 cm³/mol. The summed E-state index contributed by atoms with van der Waals surface area (Å²) >= 11 is 0. The molecule has 0 aliphatic carbocycles. The maximum atomic E-state index is 6.06. The van der Waals surface area contributed by atoms with Crippen LogP contribution in [0, 0.1) is 6.92 Å². The molecule has 2 aromatic heterocycles. The molecule has 1 aromatic carbocycles. The number of benzene rings is 1. The summed E-state index contributed by atoms with van der Waals surface area (Å²) in [6.07, 6.45) is 0. The molecule has 0 atom stereocenters. The Hall–Kier alpha value is -3.09. The van der Waals surface area contributed by atoms with Gasteiger partial charge in [0.15, 0.2) is 11.5 Å². The minimum absolute atomic E-state index is 0.376. The molecule has 0 radical (unpaired) electrons. The van der Waals surface area contributed by atoms with Crippen LogP contribution in [0.15, 0.2) is 30.3 Å². The minimum Gasteiger partial charge on any atom is -0.493 e. The van der Waals surface area contributed by atoms with E-state index >= 15 is 0 Å². The first-order valence-corrected chi connectivity index (χ1v) is 7.46. The lowest BCUT2D eigenvalue weighted by Crippen LogP contribution is -2.07. The number of fused-ring (bicyclic) bond motifs is 1. The molecular formula is C17H19N5O2. The van der Waals surface area contributed by atoms with E-state index in [4.69, 9.17) is 15.2 Å². The zero-order valence-corrected chi connectivity index (χ0v) is 13.8. The van der Waals surface area contributed by atoms with Gasteiger partial charge in [-0.3, -0.25) is 4.98 Å². The van der Waals surface area contributed by atoms with E-state index in [2.05, 4.69) is 20.3 Å². The van der Waals surface area contributed by atoms with Crippen molar-refractivity contribution in [1.82, 2.24) is 15.0 Å². The summed E-state index contributed by atoms with van der Waals surface area (Å²) < 4.78 is 10.6. The first kappa shape index (κ1) is 15.8. The van der Waals surface area contributed by atoms with Crippen LogP contribution in [-0.2, 0) is 6.54 Å². The third-order valence-corrected chi connectivity index (χ3v) is 3.60. The highest BCUT2D eigenvalue weighted by molar-refractivity contribution is 5.91. The molecule has 0 saturated carbocycles. The van der Waals surface area contributed by atoms with Crippen LogP contribution in [-0.4, -0.2) is 29.2 Å². The molecule has 7 heteroatoms. The summed E-state index contributed by atoms with van der Waals surface area (Å²) in [5, 5.41) is 3.87. The number of nitrogen functional groups attached to an aromatic ring is 1. The van der Waals surface area contributed by atoms with Crippen LogP contribution in [0.3, 0.4) is 0 Å². The van der Waals surface area contributed by atoms with Crippen molar-refractivity contribution in [3.63, 3.8) is 0 Å². The van der Waals surface area contributed by atoms with Crippen molar-refractivity contribution in [1.29, 1.82) is 0 Å². The highest BCUT2D eigenvalue weighted by Gasteiger charge is 2.11. The summed E-state index contributed by atoms with van der Waals surface area (Å²) in [4.78, 5) is 13.2. The Balaban J connectivity index is 1.92. The van der Waals surface area contributed by atoms with Gasteiger partial charge < -0.3 is 20.5 Å². The maximum Gasteiger partial charge on any atom is 0.225 e. The molecule has 3 aromatic rings. The van der Waals surface area contributed by atoms with Crippen LogP contribution < -0.4 is 20.5 Å². The monoisotopic (exact) mass is 325 g/mol. The number of hydrogen-bond acceptors (Lipinski definition) is 7. The SMILES string of the molecule is COc1cc2nc(NCc3cccc(C)n3)nc(N)c2cc1OC. The molecule has 24 heavy (non-hydrogen) atoms. The number of pyridine rings is 1. The Morgan fingerprint density at radius 1 is 1.04 bits per heavy atom. The Morgan fingerprint density at radius 2 is 1.79 bits per heavy atom. The third kappa shape index (κ3) is 3.15. The van der Waals surface area contributed by atoms with E-state index in [0.29, 0.717) is 40.7 Å². The summed E-state index contributed by atoms with van der Waals surface area (Å²) in [6.45, 7) is 2.47. The molecule has 0 bridgehead atoms. The van der Waals surface area contributed by atoms with E-state index in [9.17, 15) is 0 Å². The zero-order chi connectivity index (χ0) is 17.1. The fourth-order valence-corrected chi connectivity index (χ4v) is 2.43. The van der Waals surface area contributed by atoms with Gasteiger partial charge >= 0.3 is 0 Å². The van der Waals surface area contributed by atoms with E-state index in [0.717, 1.165) is 11.4 Å². The minimum atomic E-state index is 0.376. The first-order valence-electron chi connectivity index (χ1n) is 7.46. The standard InChI is InChI=1S/C17H19N5O2/c1-10-5-4-6-11(20-10)9-19-17-21-13-8-15(24-3)14(23-2)7-12(13)16(18)22-17/h4-8H,9H2,1-3H3,(H3,18,19,21,22). The zero-order valence-electron chi connectivity index (χ0n) is 13.8. The number of rotatable bonds is 5. The Kier molecular flexibility index (Phi) is 4.33.